The molecule has 2 rings (SSSR count). The maximum Gasteiger partial charge on any atom is 0.223 e. The number of rotatable bonds is 6. The number of carbonyl (C=O) groups excluding carboxylic acids is 1. The molecule has 0 saturated carbocycles. The molecule has 1 aromatic heterocycles. The number of hydrogen-bond acceptors (Lipinski definition) is 3. The molecule has 0 bridgehead atoms. The molecule has 0 unspecified atom stereocenters. The van der Waals surface area contributed by atoms with Crippen molar-refractivity contribution in [1.29, 1.82) is 0 Å². The molecule has 116 valence electrons. The molecule has 0 radical (unpaired) electrons. The zero-order valence-electron chi connectivity index (χ0n) is 12.8. The summed E-state index contributed by atoms with van der Waals surface area (Å²) in [5.74, 6) is 0.286. The van der Waals surface area contributed by atoms with E-state index in [4.69, 9.17) is 4.74 Å². The van der Waals surface area contributed by atoms with Crippen LogP contribution < -0.4 is 15.5 Å². The molecule has 1 amide bonds. The monoisotopic (exact) mass is 300 g/mol. The van der Waals surface area contributed by atoms with Crippen LogP contribution >= 0.6 is 0 Å². The number of nitrogens with zero attached hydrogens (tertiary/aromatic N) is 1. The molecule has 0 aliphatic heterocycles. The van der Waals surface area contributed by atoms with Crippen molar-refractivity contribution in [3.63, 3.8) is 0 Å². The molecule has 0 saturated heterocycles. The minimum atomic E-state index is -0.135. The van der Waals surface area contributed by atoms with Crippen LogP contribution in [0.1, 0.15) is 18.2 Å². The van der Waals surface area contributed by atoms with Gasteiger partial charge in [0, 0.05) is 32.3 Å². The molecule has 5 heteroatoms. The van der Waals surface area contributed by atoms with Gasteiger partial charge in [0.1, 0.15) is 6.61 Å². The van der Waals surface area contributed by atoms with Crippen LogP contribution in [0.2, 0.25) is 0 Å². The predicted octanol–water partition coefficient (Wildman–Crippen LogP) is 1.87. The summed E-state index contributed by atoms with van der Waals surface area (Å²) in [7, 11) is 0. The third kappa shape index (κ3) is 4.22. The van der Waals surface area contributed by atoms with Crippen LogP contribution in [0.15, 0.2) is 47.4 Å². The summed E-state index contributed by atoms with van der Waals surface area (Å²) < 4.78 is 7.60. The van der Waals surface area contributed by atoms with Gasteiger partial charge in [0.25, 0.3) is 0 Å². The molecule has 0 aliphatic rings. The van der Waals surface area contributed by atoms with Crippen molar-refractivity contribution in [2.75, 3.05) is 6.54 Å². The van der Waals surface area contributed by atoms with Crippen molar-refractivity contribution < 1.29 is 9.53 Å². The first-order chi connectivity index (χ1) is 10.6. The van der Waals surface area contributed by atoms with Gasteiger partial charge in [-0.05, 0) is 12.5 Å². The molecular weight excluding hydrogens is 280 g/mol. The minimum Gasteiger partial charge on any atom is -0.483 e. The summed E-state index contributed by atoms with van der Waals surface area (Å²) in [6, 6.07) is 11.2. The molecule has 1 aromatic carbocycles. The summed E-state index contributed by atoms with van der Waals surface area (Å²) in [6.45, 7) is 4.78. The van der Waals surface area contributed by atoms with Crippen molar-refractivity contribution >= 4 is 5.91 Å². The number of carbonyl (C=O) groups is 1. The fourth-order valence-corrected chi connectivity index (χ4v) is 2.15. The summed E-state index contributed by atoms with van der Waals surface area (Å²) in [6.07, 6.45) is 1.72. The molecule has 0 fully saturated rings. The number of pyridine rings is 1. The Morgan fingerprint density at radius 3 is 2.64 bits per heavy atom. The highest BCUT2D eigenvalue weighted by Crippen LogP contribution is 2.13. The highest BCUT2D eigenvalue weighted by molar-refractivity contribution is 5.72. The fourth-order valence-electron chi connectivity index (χ4n) is 2.15. The maximum absolute atomic E-state index is 12.0. The zero-order valence-corrected chi connectivity index (χ0v) is 12.8. The number of ether oxygens (including phenoxy) is 1. The van der Waals surface area contributed by atoms with Crippen molar-refractivity contribution in [2.45, 2.75) is 27.0 Å². The normalized spacial score (nSPS) is 10.3. The third-order valence-electron chi connectivity index (χ3n) is 3.34. The van der Waals surface area contributed by atoms with Crippen LogP contribution in [0.4, 0.5) is 0 Å². The second kappa shape index (κ2) is 7.45. The number of benzene rings is 1. The van der Waals surface area contributed by atoms with E-state index >= 15 is 0 Å². The van der Waals surface area contributed by atoms with Gasteiger partial charge < -0.3 is 14.6 Å². The number of nitrogens with one attached hydrogen (secondary N) is 1. The molecule has 5 nitrogen and oxygen atoms in total. The maximum atomic E-state index is 12.0. The van der Waals surface area contributed by atoms with E-state index in [1.54, 1.807) is 6.20 Å². The molecule has 0 aliphatic carbocycles. The van der Waals surface area contributed by atoms with Gasteiger partial charge in [-0.3, -0.25) is 9.59 Å². The molecule has 22 heavy (non-hydrogen) atoms. The Hall–Kier alpha value is -2.56. The first kappa shape index (κ1) is 15.8. The molecule has 0 spiro atoms. The van der Waals surface area contributed by atoms with Gasteiger partial charge in [-0.2, -0.15) is 0 Å². The molecular formula is C17H20N2O3. The lowest BCUT2D eigenvalue weighted by Gasteiger charge is -2.15. The van der Waals surface area contributed by atoms with Gasteiger partial charge in [0.05, 0.1) is 5.69 Å². The molecule has 1 heterocycles. The van der Waals surface area contributed by atoms with Gasteiger partial charge in [0.15, 0.2) is 5.75 Å². The summed E-state index contributed by atoms with van der Waals surface area (Å²) in [4.78, 5) is 22.9. The molecule has 2 aromatic rings. The van der Waals surface area contributed by atoms with Crippen LogP contribution in [0.25, 0.3) is 0 Å². The Bertz CT molecular complexity index is 693. The van der Waals surface area contributed by atoms with Crippen LogP contribution in [-0.4, -0.2) is 17.0 Å². The molecule has 0 atom stereocenters. The van der Waals surface area contributed by atoms with E-state index in [1.807, 2.05) is 41.8 Å². The van der Waals surface area contributed by atoms with Crippen molar-refractivity contribution in [3.8, 4) is 5.75 Å². The Labute approximate surface area is 129 Å². The van der Waals surface area contributed by atoms with E-state index in [1.165, 1.54) is 13.0 Å². The van der Waals surface area contributed by atoms with E-state index < -0.39 is 0 Å². The summed E-state index contributed by atoms with van der Waals surface area (Å²) in [5.41, 5.74) is 1.63. The minimum absolute atomic E-state index is 0.0701. The van der Waals surface area contributed by atoms with E-state index in [-0.39, 0.29) is 11.3 Å². The lowest BCUT2D eigenvalue weighted by Crippen LogP contribution is -2.26. The van der Waals surface area contributed by atoms with Crippen LogP contribution in [0.3, 0.4) is 0 Å². The Kier molecular flexibility index (Phi) is 5.36. The smallest absolute Gasteiger partial charge is 0.223 e. The quantitative estimate of drug-likeness (QED) is 0.886. The Morgan fingerprint density at radius 1 is 1.23 bits per heavy atom. The lowest BCUT2D eigenvalue weighted by molar-refractivity contribution is -0.118. The summed E-state index contributed by atoms with van der Waals surface area (Å²) in [5, 5.41) is 2.73. The average molecular weight is 300 g/mol. The van der Waals surface area contributed by atoms with Gasteiger partial charge in [-0.15, -0.1) is 0 Å². The Morgan fingerprint density at radius 2 is 1.95 bits per heavy atom. The van der Waals surface area contributed by atoms with Crippen molar-refractivity contribution in [2.24, 2.45) is 0 Å². The highest BCUT2D eigenvalue weighted by Gasteiger charge is 2.09. The summed E-state index contributed by atoms with van der Waals surface area (Å²) >= 11 is 0. The van der Waals surface area contributed by atoms with E-state index in [0.717, 1.165) is 11.3 Å². The number of hydrogen-bond donors (Lipinski definition) is 1. The zero-order chi connectivity index (χ0) is 15.9. The van der Waals surface area contributed by atoms with Crippen LogP contribution in [0, 0.1) is 6.92 Å². The fraction of sp³-hybridized carbons (Fsp3) is 0.294. The second-order valence-corrected chi connectivity index (χ2v) is 5.05. The second-order valence-electron chi connectivity index (χ2n) is 5.05. The van der Waals surface area contributed by atoms with E-state index in [2.05, 4.69) is 5.32 Å². The largest absolute Gasteiger partial charge is 0.483 e. The standard InChI is InChI=1S/C17H20N2O3/c1-13-17(22-12-15-6-4-3-5-7-15)16(21)8-10-19(13)11-9-18-14(2)20/h3-8,10H,9,11-12H2,1-2H3,(H,18,20). The van der Waals surface area contributed by atoms with Gasteiger partial charge in [0.2, 0.25) is 11.3 Å². The molecule has 1 N–H and O–H groups in total. The predicted molar refractivity (Wildman–Crippen MR) is 84.9 cm³/mol. The lowest BCUT2D eigenvalue weighted by atomic mass is 10.2. The van der Waals surface area contributed by atoms with Gasteiger partial charge in [-0.1, -0.05) is 30.3 Å². The van der Waals surface area contributed by atoms with Gasteiger partial charge >= 0.3 is 0 Å². The van der Waals surface area contributed by atoms with Crippen molar-refractivity contribution in [1.82, 2.24) is 9.88 Å². The van der Waals surface area contributed by atoms with Gasteiger partial charge in [-0.25, -0.2) is 0 Å². The average Bonchev–Trinajstić information content (AvgIpc) is 2.50. The van der Waals surface area contributed by atoms with Crippen molar-refractivity contribution in [3.05, 3.63) is 64.1 Å². The number of aromatic nitrogens is 1. The highest BCUT2D eigenvalue weighted by atomic mass is 16.5. The topological polar surface area (TPSA) is 60.3 Å². The SMILES string of the molecule is CC(=O)NCCn1ccc(=O)c(OCc2ccccc2)c1C. The third-order valence-corrected chi connectivity index (χ3v) is 3.34. The first-order valence-corrected chi connectivity index (χ1v) is 7.19. The van der Waals surface area contributed by atoms with Crippen LogP contribution in [0.5, 0.6) is 5.75 Å². The van der Waals surface area contributed by atoms with E-state index in [9.17, 15) is 9.59 Å². The Balaban J connectivity index is 2.09. The van der Waals surface area contributed by atoms with Crippen LogP contribution in [-0.2, 0) is 17.9 Å². The number of amides is 1. The van der Waals surface area contributed by atoms with E-state index in [0.29, 0.717) is 25.4 Å². The first-order valence-electron chi connectivity index (χ1n) is 7.19.